The monoisotopic (exact) mass is 510 g/mol. The van der Waals surface area contributed by atoms with Crippen molar-refractivity contribution in [3.8, 4) is 11.5 Å². The van der Waals surface area contributed by atoms with Crippen LogP contribution < -0.4 is 0 Å². The fourth-order valence-electron chi connectivity index (χ4n) is 7.83. The zero-order chi connectivity index (χ0) is 26.2. The van der Waals surface area contributed by atoms with Crippen LogP contribution in [-0.4, -0.2) is 21.8 Å². The first-order valence-corrected chi connectivity index (χ1v) is 13.8. The third-order valence-corrected chi connectivity index (χ3v) is 9.16. The molecule has 198 valence electrons. The van der Waals surface area contributed by atoms with Gasteiger partial charge in [0, 0.05) is 23.5 Å². The predicted octanol–water partition coefficient (Wildman–Crippen LogP) is 7.61. The predicted molar refractivity (Wildman–Crippen MR) is 137 cm³/mol. The van der Waals surface area contributed by atoms with E-state index in [0.29, 0.717) is 17.8 Å². The molecule has 0 aliphatic heterocycles. The molecule has 0 radical (unpaired) electrons. The van der Waals surface area contributed by atoms with Crippen molar-refractivity contribution in [3.05, 3.63) is 59.2 Å². The number of ketones is 2. The highest BCUT2D eigenvalue weighted by Crippen LogP contribution is 2.61. The molecule has 0 amide bonds. The fourth-order valence-corrected chi connectivity index (χ4v) is 7.83. The van der Waals surface area contributed by atoms with Crippen LogP contribution in [0.5, 0.6) is 11.5 Å². The van der Waals surface area contributed by atoms with Crippen LogP contribution in [-0.2, 0) is 0 Å². The Kier molecular flexibility index (Phi) is 7.37. The molecule has 0 saturated heterocycles. The van der Waals surface area contributed by atoms with E-state index in [1.807, 2.05) is 0 Å². The van der Waals surface area contributed by atoms with E-state index < -0.39 is 11.6 Å². The van der Waals surface area contributed by atoms with Gasteiger partial charge in [0.2, 0.25) is 0 Å². The van der Waals surface area contributed by atoms with Gasteiger partial charge in [0.15, 0.2) is 11.6 Å². The summed E-state index contributed by atoms with van der Waals surface area (Å²) in [7, 11) is 0. The van der Waals surface area contributed by atoms with Crippen LogP contribution in [0.4, 0.5) is 8.78 Å². The largest absolute Gasteiger partial charge is 0.508 e. The first kappa shape index (κ1) is 25.9. The Hall–Kier alpha value is -2.76. The van der Waals surface area contributed by atoms with E-state index in [4.69, 9.17) is 5.11 Å². The fraction of sp³-hybridized carbons (Fsp3) is 0.548. The normalized spacial score (nSPS) is 28.8. The number of halogens is 2. The molecule has 2 aromatic rings. The number of aromatic hydroxyl groups is 2. The maximum atomic E-state index is 14.0. The molecule has 4 bridgehead atoms. The van der Waals surface area contributed by atoms with Crippen LogP contribution in [0.1, 0.15) is 97.8 Å². The van der Waals surface area contributed by atoms with E-state index in [0.717, 1.165) is 57.1 Å². The first-order chi connectivity index (χ1) is 17.7. The lowest BCUT2D eigenvalue weighted by atomic mass is 9.48. The summed E-state index contributed by atoms with van der Waals surface area (Å²) in [6, 6.07) is 7.67. The van der Waals surface area contributed by atoms with Crippen molar-refractivity contribution < 1.29 is 28.6 Å². The Morgan fingerprint density at radius 3 is 1.62 bits per heavy atom. The van der Waals surface area contributed by atoms with Crippen LogP contribution in [0.2, 0.25) is 0 Å². The summed E-state index contributed by atoms with van der Waals surface area (Å²) < 4.78 is 27.6. The molecule has 0 aromatic heterocycles. The minimum absolute atomic E-state index is 0.0194. The van der Waals surface area contributed by atoms with Gasteiger partial charge in [-0.05, 0) is 93.4 Å². The van der Waals surface area contributed by atoms with Crippen molar-refractivity contribution >= 4 is 11.6 Å². The second kappa shape index (κ2) is 10.5. The van der Waals surface area contributed by atoms with Gasteiger partial charge < -0.3 is 10.2 Å². The van der Waals surface area contributed by atoms with Gasteiger partial charge in [-0.25, -0.2) is 8.78 Å². The standard InChI is InChI=1S/C17H19FO2.C14H17FO2/c18-15-6-13(19)1-2-14(15)16(20)17-7-10-3-11(8-17)5-12(4-10)9-17;15-13-9-11(16)7-8-12(13)14(17)10-5-3-1-2-4-6-10/h1-2,6,10-12,19H,3-5,7-9H2;7-10,16H,1-6H2. The highest BCUT2D eigenvalue weighted by Gasteiger charge is 2.54. The molecule has 5 fully saturated rings. The minimum atomic E-state index is -0.612. The third kappa shape index (κ3) is 5.44. The van der Waals surface area contributed by atoms with Crippen molar-refractivity contribution in [2.75, 3.05) is 0 Å². The number of carbonyl (C=O) groups excluding carboxylic acids is 2. The molecule has 5 aliphatic rings. The van der Waals surface area contributed by atoms with E-state index in [1.54, 1.807) is 0 Å². The van der Waals surface area contributed by atoms with E-state index in [2.05, 4.69) is 0 Å². The third-order valence-electron chi connectivity index (χ3n) is 9.16. The van der Waals surface area contributed by atoms with E-state index in [9.17, 15) is 23.5 Å². The second-order valence-corrected chi connectivity index (χ2v) is 11.9. The molecule has 7 rings (SSSR count). The summed E-state index contributed by atoms with van der Waals surface area (Å²) in [5, 5.41) is 18.4. The molecule has 4 nitrogen and oxygen atoms in total. The number of hydrogen-bond acceptors (Lipinski definition) is 4. The molecule has 2 aromatic carbocycles. The molecular weight excluding hydrogens is 474 g/mol. The summed E-state index contributed by atoms with van der Waals surface area (Å²) in [6.45, 7) is 0. The Balaban J connectivity index is 0.000000154. The molecule has 0 heterocycles. The SMILES string of the molecule is O=C(c1ccc(O)cc1F)C12CC3CC(CC(C3)C1)C2.O=C(c1ccc(O)cc1F)C1CCCCCC1. The number of phenols is 2. The quantitative estimate of drug-likeness (QED) is 0.328. The molecule has 5 aliphatic carbocycles. The second-order valence-electron chi connectivity index (χ2n) is 11.9. The number of rotatable bonds is 4. The number of benzene rings is 2. The minimum Gasteiger partial charge on any atom is -0.508 e. The van der Waals surface area contributed by atoms with Gasteiger partial charge in [0.05, 0.1) is 11.1 Å². The average molecular weight is 511 g/mol. The van der Waals surface area contributed by atoms with Crippen LogP contribution in [0.15, 0.2) is 36.4 Å². The maximum absolute atomic E-state index is 14.0. The summed E-state index contributed by atoms with van der Waals surface area (Å²) in [5.74, 6) is 0.394. The highest BCUT2D eigenvalue weighted by atomic mass is 19.1. The first-order valence-electron chi connectivity index (χ1n) is 13.8. The summed E-state index contributed by atoms with van der Waals surface area (Å²) in [5.41, 5.74) is -0.0218. The Bertz CT molecular complexity index is 1130. The molecule has 5 saturated carbocycles. The van der Waals surface area contributed by atoms with Gasteiger partial charge in [-0.3, -0.25) is 9.59 Å². The molecule has 2 N–H and O–H groups in total. The lowest BCUT2D eigenvalue weighted by molar-refractivity contribution is -0.0355. The maximum Gasteiger partial charge on any atom is 0.171 e. The molecule has 0 atom stereocenters. The zero-order valence-corrected chi connectivity index (χ0v) is 21.2. The number of carbonyl (C=O) groups is 2. The van der Waals surface area contributed by atoms with E-state index in [1.165, 1.54) is 56.4 Å². The lowest BCUT2D eigenvalue weighted by Crippen LogP contribution is -2.50. The van der Waals surface area contributed by atoms with Gasteiger partial charge in [-0.2, -0.15) is 0 Å². The van der Waals surface area contributed by atoms with Crippen molar-refractivity contribution in [2.45, 2.75) is 77.0 Å². The number of hydrogen-bond donors (Lipinski definition) is 2. The van der Waals surface area contributed by atoms with Crippen molar-refractivity contribution in [2.24, 2.45) is 29.1 Å². The summed E-state index contributed by atoms with van der Waals surface area (Å²) in [6.07, 6.45) is 12.8. The van der Waals surface area contributed by atoms with Gasteiger partial charge in [-0.1, -0.05) is 25.7 Å². The van der Waals surface area contributed by atoms with Gasteiger partial charge in [0.25, 0.3) is 0 Å². The van der Waals surface area contributed by atoms with Gasteiger partial charge in [0.1, 0.15) is 23.1 Å². The van der Waals surface area contributed by atoms with Crippen LogP contribution in [0.25, 0.3) is 0 Å². The van der Waals surface area contributed by atoms with Crippen molar-refractivity contribution in [1.29, 1.82) is 0 Å². The summed E-state index contributed by atoms with van der Waals surface area (Å²) >= 11 is 0. The van der Waals surface area contributed by atoms with Gasteiger partial charge in [-0.15, -0.1) is 0 Å². The van der Waals surface area contributed by atoms with Crippen LogP contribution in [0, 0.1) is 40.7 Å². The molecule has 37 heavy (non-hydrogen) atoms. The van der Waals surface area contributed by atoms with E-state index >= 15 is 0 Å². The van der Waals surface area contributed by atoms with Crippen molar-refractivity contribution in [1.82, 2.24) is 0 Å². The average Bonchev–Trinajstić information content (AvgIpc) is 3.13. The van der Waals surface area contributed by atoms with Crippen molar-refractivity contribution in [3.63, 3.8) is 0 Å². The lowest BCUT2D eigenvalue weighted by Gasteiger charge is -2.55. The Morgan fingerprint density at radius 1 is 0.703 bits per heavy atom. The molecule has 6 heteroatoms. The topological polar surface area (TPSA) is 74.6 Å². The van der Waals surface area contributed by atoms with Crippen LogP contribution in [0.3, 0.4) is 0 Å². The number of phenolic OH excluding ortho intramolecular Hbond substituents is 2. The molecular formula is C31H36F2O4. The smallest absolute Gasteiger partial charge is 0.171 e. The van der Waals surface area contributed by atoms with Gasteiger partial charge >= 0.3 is 0 Å². The highest BCUT2D eigenvalue weighted by molar-refractivity contribution is 6.01. The Morgan fingerprint density at radius 2 is 1.16 bits per heavy atom. The summed E-state index contributed by atoms with van der Waals surface area (Å²) in [4.78, 5) is 25.1. The molecule has 0 spiro atoms. The zero-order valence-electron chi connectivity index (χ0n) is 21.2. The number of Topliss-reactive ketones (excluding diaryl/α,β-unsaturated/α-hetero) is 2. The Labute approximate surface area is 217 Å². The molecule has 0 unspecified atom stereocenters. The van der Waals surface area contributed by atoms with Crippen LogP contribution >= 0.6 is 0 Å². The van der Waals surface area contributed by atoms with E-state index in [-0.39, 0.29) is 45.5 Å².